The summed E-state index contributed by atoms with van der Waals surface area (Å²) in [6.45, 7) is 0. The fourth-order valence-corrected chi connectivity index (χ4v) is 3.82. The highest BCUT2D eigenvalue weighted by molar-refractivity contribution is 6.08. The van der Waals surface area contributed by atoms with E-state index >= 15 is 0 Å². The van der Waals surface area contributed by atoms with Crippen molar-refractivity contribution in [1.29, 1.82) is 0 Å². The number of hydrogen-bond donors (Lipinski definition) is 0. The van der Waals surface area contributed by atoms with E-state index in [1.807, 2.05) is 36.4 Å². The summed E-state index contributed by atoms with van der Waals surface area (Å²) in [4.78, 5) is 13.0. The zero-order valence-electron chi connectivity index (χ0n) is 14.3. The molecule has 0 bridgehead atoms. The van der Waals surface area contributed by atoms with Crippen LogP contribution in [-0.4, -0.2) is 5.78 Å². The van der Waals surface area contributed by atoms with Gasteiger partial charge in [0.15, 0.2) is 5.78 Å². The van der Waals surface area contributed by atoms with Crippen molar-refractivity contribution >= 4 is 11.9 Å². The fourth-order valence-electron chi connectivity index (χ4n) is 3.82. The van der Waals surface area contributed by atoms with Crippen LogP contribution >= 0.6 is 0 Å². The lowest BCUT2D eigenvalue weighted by Crippen LogP contribution is -2.10. The highest BCUT2D eigenvalue weighted by Gasteiger charge is 2.22. The monoisotopic (exact) mass is 326 g/mol. The van der Waals surface area contributed by atoms with Gasteiger partial charge in [0.1, 0.15) is 0 Å². The molecular weight excluding hydrogens is 304 g/mol. The molecule has 0 saturated heterocycles. The topological polar surface area (TPSA) is 17.1 Å². The Morgan fingerprint density at radius 3 is 2.48 bits per heavy atom. The van der Waals surface area contributed by atoms with Crippen molar-refractivity contribution in [3.8, 4) is 0 Å². The minimum atomic E-state index is 0.113. The molecule has 124 valence electrons. The second-order valence-corrected chi connectivity index (χ2v) is 6.77. The van der Waals surface area contributed by atoms with Gasteiger partial charge >= 0.3 is 0 Å². The third-order valence-electron chi connectivity index (χ3n) is 5.14. The molecule has 2 aliphatic rings. The molecule has 1 atom stereocenters. The second-order valence-electron chi connectivity index (χ2n) is 6.77. The van der Waals surface area contributed by atoms with Gasteiger partial charge in [-0.15, -0.1) is 0 Å². The van der Waals surface area contributed by atoms with Crippen LogP contribution in [0.4, 0.5) is 0 Å². The van der Waals surface area contributed by atoms with Crippen molar-refractivity contribution in [2.45, 2.75) is 31.6 Å². The summed E-state index contributed by atoms with van der Waals surface area (Å²) in [5.41, 5.74) is 5.54. The lowest BCUT2D eigenvalue weighted by molar-refractivity contribution is 0.104. The Hall–Kier alpha value is -2.67. The summed E-state index contributed by atoms with van der Waals surface area (Å²) in [6, 6.07) is 18.4. The average Bonchev–Trinajstić information content (AvgIpc) is 2.67. The normalized spacial score (nSPS) is 23.5. The Bertz CT molecular complexity index is 868. The Morgan fingerprint density at radius 2 is 1.68 bits per heavy atom. The van der Waals surface area contributed by atoms with Gasteiger partial charge in [0.25, 0.3) is 0 Å². The Labute approximate surface area is 149 Å². The maximum atomic E-state index is 13.0. The number of benzene rings is 2. The van der Waals surface area contributed by atoms with Gasteiger partial charge in [0, 0.05) is 11.5 Å². The van der Waals surface area contributed by atoms with Crippen LogP contribution in [0.15, 0.2) is 84.0 Å². The largest absolute Gasteiger partial charge is 0.289 e. The molecule has 0 saturated carbocycles. The van der Waals surface area contributed by atoms with Crippen molar-refractivity contribution in [2.75, 3.05) is 0 Å². The third-order valence-corrected chi connectivity index (χ3v) is 5.14. The molecule has 0 heterocycles. The molecule has 2 aromatic carbocycles. The van der Waals surface area contributed by atoms with E-state index in [0.717, 1.165) is 24.0 Å². The standard InChI is InChI=1S/C24H22O/c25-24-17-23(19-11-5-2-6-12-19)21(18-9-3-1-4-10-18)16-15-20-13-7-8-14-22(20)24/h1,3-4,7-11,13-17,21H,2,5-6,12H2/b16-15-,23-17-. The highest BCUT2D eigenvalue weighted by atomic mass is 16.1. The molecule has 25 heavy (non-hydrogen) atoms. The lowest BCUT2D eigenvalue weighted by atomic mass is 9.80. The van der Waals surface area contributed by atoms with Crippen molar-refractivity contribution in [3.05, 3.63) is 101 Å². The number of ketones is 1. The van der Waals surface area contributed by atoms with Gasteiger partial charge in [-0.05, 0) is 54.0 Å². The molecule has 4 rings (SSSR count). The predicted molar refractivity (Wildman–Crippen MR) is 104 cm³/mol. The van der Waals surface area contributed by atoms with Crippen LogP contribution < -0.4 is 0 Å². The number of carbonyl (C=O) groups excluding carboxylic acids is 1. The van der Waals surface area contributed by atoms with E-state index in [4.69, 9.17) is 0 Å². The highest BCUT2D eigenvalue weighted by Crippen LogP contribution is 2.37. The molecule has 1 nitrogen and oxygen atoms in total. The third kappa shape index (κ3) is 3.28. The van der Waals surface area contributed by atoms with Crippen LogP contribution in [0.1, 0.15) is 53.1 Å². The van der Waals surface area contributed by atoms with Crippen LogP contribution in [0.3, 0.4) is 0 Å². The van der Waals surface area contributed by atoms with Crippen molar-refractivity contribution in [1.82, 2.24) is 0 Å². The first-order valence-corrected chi connectivity index (χ1v) is 9.10. The van der Waals surface area contributed by atoms with Crippen LogP contribution in [0.5, 0.6) is 0 Å². The van der Waals surface area contributed by atoms with Crippen molar-refractivity contribution < 1.29 is 4.79 Å². The number of fused-ring (bicyclic) bond motifs is 1. The zero-order chi connectivity index (χ0) is 17.1. The van der Waals surface area contributed by atoms with Gasteiger partial charge < -0.3 is 0 Å². The molecule has 2 aromatic rings. The molecule has 2 aliphatic carbocycles. The Balaban J connectivity index is 1.87. The Morgan fingerprint density at radius 1 is 0.880 bits per heavy atom. The zero-order valence-corrected chi connectivity index (χ0v) is 14.3. The van der Waals surface area contributed by atoms with Crippen LogP contribution in [-0.2, 0) is 0 Å². The molecule has 0 amide bonds. The molecule has 0 N–H and O–H groups in total. The van der Waals surface area contributed by atoms with E-state index < -0.39 is 0 Å². The van der Waals surface area contributed by atoms with Gasteiger partial charge in [-0.3, -0.25) is 4.79 Å². The summed E-state index contributed by atoms with van der Waals surface area (Å²) in [6.07, 6.45) is 13.2. The smallest absolute Gasteiger partial charge is 0.186 e. The van der Waals surface area contributed by atoms with Crippen LogP contribution in [0, 0.1) is 0 Å². The van der Waals surface area contributed by atoms with Gasteiger partial charge in [-0.1, -0.05) is 72.8 Å². The lowest BCUT2D eigenvalue weighted by Gasteiger charge is -2.24. The number of hydrogen-bond acceptors (Lipinski definition) is 1. The number of carbonyl (C=O) groups is 1. The van der Waals surface area contributed by atoms with Crippen molar-refractivity contribution in [2.24, 2.45) is 0 Å². The summed E-state index contributed by atoms with van der Waals surface area (Å²) in [5, 5.41) is 0. The molecule has 0 fully saturated rings. The first-order chi connectivity index (χ1) is 12.3. The SMILES string of the molecule is O=C1/C=C(/C2=CCCCC2)C(c2ccccc2)/C=C\c2ccccc21. The maximum absolute atomic E-state index is 13.0. The molecule has 1 heteroatoms. The average molecular weight is 326 g/mol. The molecule has 0 aromatic heterocycles. The number of allylic oxidation sites excluding steroid dienone is 5. The van der Waals surface area contributed by atoms with Gasteiger partial charge in [0.2, 0.25) is 0 Å². The maximum Gasteiger partial charge on any atom is 0.186 e. The quantitative estimate of drug-likeness (QED) is 0.651. The first-order valence-electron chi connectivity index (χ1n) is 9.10. The van der Waals surface area contributed by atoms with E-state index in [9.17, 15) is 4.79 Å². The van der Waals surface area contributed by atoms with Gasteiger partial charge in [0.05, 0.1) is 0 Å². The van der Waals surface area contributed by atoms with Crippen LogP contribution in [0.25, 0.3) is 6.08 Å². The minimum absolute atomic E-state index is 0.113. The Kier molecular flexibility index (Phi) is 4.47. The molecule has 0 radical (unpaired) electrons. The first kappa shape index (κ1) is 15.8. The van der Waals surface area contributed by atoms with E-state index in [1.54, 1.807) is 0 Å². The summed E-state index contributed by atoms with van der Waals surface area (Å²) in [5.74, 6) is 0.241. The van der Waals surface area contributed by atoms with Gasteiger partial charge in [-0.2, -0.15) is 0 Å². The molecule has 1 unspecified atom stereocenters. The second kappa shape index (κ2) is 7.06. The van der Waals surface area contributed by atoms with E-state index in [2.05, 4.69) is 42.5 Å². The van der Waals surface area contributed by atoms with Gasteiger partial charge in [-0.25, -0.2) is 0 Å². The van der Waals surface area contributed by atoms with E-state index in [0.29, 0.717) is 0 Å². The summed E-state index contributed by atoms with van der Waals surface area (Å²) < 4.78 is 0. The van der Waals surface area contributed by atoms with Crippen molar-refractivity contribution in [3.63, 3.8) is 0 Å². The van der Waals surface area contributed by atoms with E-state index in [-0.39, 0.29) is 11.7 Å². The predicted octanol–water partition coefficient (Wildman–Crippen LogP) is 6.11. The molecule has 0 spiro atoms. The minimum Gasteiger partial charge on any atom is -0.289 e. The molecule has 0 aliphatic heterocycles. The fraction of sp³-hybridized carbons (Fsp3) is 0.208. The summed E-state index contributed by atoms with van der Waals surface area (Å²) >= 11 is 0. The van der Waals surface area contributed by atoms with Crippen LogP contribution in [0.2, 0.25) is 0 Å². The number of rotatable bonds is 2. The van der Waals surface area contributed by atoms with E-state index in [1.165, 1.54) is 29.6 Å². The summed E-state index contributed by atoms with van der Waals surface area (Å²) in [7, 11) is 0. The molecular formula is C24H22O.